The molecular formula is C14H12Br2N6O. The predicted octanol–water partition coefficient (Wildman–Crippen LogP) is 2.67. The van der Waals surface area contributed by atoms with Gasteiger partial charge in [-0.05, 0) is 57.0 Å². The topological polar surface area (TPSA) is 68.3 Å². The van der Waals surface area contributed by atoms with Gasteiger partial charge in [0, 0.05) is 23.8 Å². The van der Waals surface area contributed by atoms with Gasteiger partial charge in [0.1, 0.15) is 0 Å². The lowest BCUT2D eigenvalue weighted by atomic mass is 10.2. The highest BCUT2D eigenvalue weighted by molar-refractivity contribution is 9.10. The maximum Gasteiger partial charge on any atom is 0.275 e. The first-order chi connectivity index (χ1) is 11.0. The first-order valence-corrected chi connectivity index (χ1v) is 8.67. The van der Waals surface area contributed by atoms with Gasteiger partial charge in [-0.25, -0.2) is 4.52 Å². The van der Waals surface area contributed by atoms with Crippen LogP contribution in [-0.4, -0.2) is 41.7 Å². The van der Waals surface area contributed by atoms with Gasteiger partial charge in [0.15, 0.2) is 16.3 Å². The van der Waals surface area contributed by atoms with Crippen LogP contribution in [0, 0.1) is 0 Å². The second-order valence-corrected chi connectivity index (χ2v) is 7.02. The molecule has 0 N–H and O–H groups in total. The molecule has 23 heavy (non-hydrogen) atoms. The fraction of sp³-hybridized carbons (Fsp3) is 0.286. The zero-order valence-electron chi connectivity index (χ0n) is 12.1. The Hall–Kier alpha value is -1.74. The molecule has 0 radical (unpaired) electrons. The molecule has 118 valence electrons. The molecule has 4 rings (SSSR count). The zero-order chi connectivity index (χ0) is 16.1. The summed E-state index contributed by atoms with van der Waals surface area (Å²) in [6.45, 7) is 3.22. The highest BCUT2D eigenvalue weighted by atomic mass is 79.9. The summed E-state index contributed by atoms with van der Waals surface area (Å²) >= 11 is 6.78. The molecule has 7 nitrogen and oxygen atoms in total. The molecule has 0 fully saturated rings. The molecule has 0 aromatic carbocycles. The Morgan fingerprint density at radius 2 is 2.09 bits per heavy atom. The van der Waals surface area contributed by atoms with Gasteiger partial charge < -0.3 is 9.47 Å². The third-order valence-electron chi connectivity index (χ3n) is 4.04. The van der Waals surface area contributed by atoms with Crippen LogP contribution in [0.25, 0.3) is 5.52 Å². The SMILES string of the molecule is CC1c2nnc(Br)n2CCN1C(=O)c1cc2ccc(Br)cn2n1. The Labute approximate surface area is 148 Å². The standard InChI is InChI=1S/C14H12Br2N6O/c1-8-12-17-18-14(16)21(12)5-4-20(8)13(23)11-6-10-3-2-9(15)7-22(10)19-11/h2-3,6-8H,4-5H2,1H3. The first-order valence-electron chi connectivity index (χ1n) is 7.09. The van der Waals surface area contributed by atoms with Crippen molar-refractivity contribution in [1.29, 1.82) is 0 Å². The van der Waals surface area contributed by atoms with Crippen molar-refractivity contribution in [2.75, 3.05) is 6.54 Å². The van der Waals surface area contributed by atoms with Crippen molar-refractivity contribution in [1.82, 2.24) is 29.3 Å². The zero-order valence-corrected chi connectivity index (χ0v) is 15.3. The molecule has 1 atom stereocenters. The summed E-state index contributed by atoms with van der Waals surface area (Å²) in [5.41, 5.74) is 1.31. The average molecular weight is 440 g/mol. The van der Waals surface area contributed by atoms with Crippen LogP contribution in [0.3, 0.4) is 0 Å². The van der Waals surface area contributed by atoms with E-state index in [9.17, 15) is 4.79 Å². The van der Waals surface area contributed by atoms with Gasteiger partial charge in [0.25, 0.3) is 5.91 Å². The van der Waals surface area contributed by atoms with Crippen LogP contribution in [-0.2, 0) is 6.54 Å². The molecule has 0 saturated heterocycles. The fourth-order valence-corrected chi connectivity index (χ4v) is 3.61. The van der Waals surface area contributed by atoms with E-state index < -0.39 is 0 Å². The van der Waals surface area contributed by atoms with Crippen molar-refractivity contribution >= 4 is 43.3 Å². The van der Waals surface area contributed by atoms with Crippen LogP contribution < -0.4 is 0 Å². The summed E-state index contributed by atoms with van der Waals surface area (Å²) in [5.74, 6) is 0.686. The van der Waals surface area contributed by atoms with Crippen LogP contribution in [0.4, 0.5) is 0 Å². The van der Waals surface area contributed by atoms with E-state index in [2.05, 4.69) is 47.2 Å². The maximum atomic E-state index is 12.9. The molecule has 0 spiro atoms. The molecule has 1 unspecified atom stereocenters. The maximum absolute atomic E-state index is 12.9. The van der Waals surface area contributed by atoms with Crippen molar-refractivity contribution in [2.45, 2.75) is 19.5 Å². The molecule has 9 heteroatoms. The minimum Gasteiger partial charge on any atom is -0.325 e. The number of pyridine rings is 1. The number of amides is 1. The van der Waals surface area contributed by atoms with Gasteiger partial charge in [-0.3, -0.25) is 4.79 Å². The largest absolute Gasteiger partial charge is 0.325 e. The minimum absolute atomic E-state index is 0.0947. The lowest BCUT2D eigenvalue weighted by Gasteiger charge is -2.32. The molecule has 3 aromatic heterocycles. The summed E-state index contributed by atoms with van der Waals surface area (Å²) in [6, 6.07) is 5.50. The molecule has 1 aliphatic rings. The van der Waals surface area contributed by atoms with Gasteiger partial charge >= 0.3 is 0 Å². The Morgan fingerprint density at radius 3 is 2.91 bits per heavy atom. The van der Waals surface area contributed by atoms with E-state index >= 15 is 0 Å². The molecule has 1 amide bonds. The highest BCUT2D eigenvalue weighted by Gasteiger charge is 2.32. The number of aromatic nitrogens is 5. The number of hydrogen-bond acceptors (Lipinski definition) is 4. The molecule has 0 bridgehead atoms. The Bertz CT molecular complexity index is 917. The van der Waals surface area contributed by atoms with E-state index in [1.807, 2.05) is 29.8 Å². The number of fused-ring (bicyclic) bond motifs is 2. The van der Waals surface area contributed by atoms with E-state index in [1.165, 1.54) is 0 Å². The third-order valence-corrected chi connectivity index (χ3v) is 5.10. The summed E-state index contributed by atoms with van der Waals surface area (Å²) in [6.07, 6.45) is 1.83. The lowest BCUT2D eigenvalue weighted by molar-refractivity contribution is 0.0630. The summed E-state index contributed by atoms with van der Waals surface area (Å²) in [7, 11) is 0. The van der Waals surface area contributed by atoms with Crippen molar-refractivity contribution in [3.63, 3.8) is 0 Å². The fourth-order valence-electron chi connectivity index (χ4n) is 2.84. The van der Waals surface area contributed by atoms with Gasteiger partial charge in [0.2, 0.25) is 0 Å². The minimum atomic E-state index is -0.147. The second kappa shape index (κ2) is 5.41. The van der Waals surface area contributed by atoms with E-state index in [1.54, 1.807) is 15.5 Å². The quantitative estimate of drug-likeness (QED) is 0.584. The molecule has 4 heterocycles. The van der Waals surface area contributed by atoms with Crippen LogP contribution in [0.2, 0.25) is 0 Å². The average Bonchev–Trinajstić information content (AvgIpc) is 3.11. The molecular weight excluding hydrogens is 428 g/mol. The second-order valence-electron chi connectivity index (χ2n) is 5.40. The first kappa shape index (κ1) is 14.8. The highest BCUT2D eigenvalue weighted by Crippen LogP contribution is 2.27. The van der Waals surface area contributed by atoms with E-state index in [-0.39, 0.29) is 11.9 Å². The number of nitrogens with zero attached hydrogens (tertiary/aromatic N) is 6. The molecule has 0 aliphatic carbocycles. The number of rotatable bonds is 1. The smallest absolute Gasteiger partial charge is 0.275 e. The lowest BCUT2D eigenvalue weighted by Crippen LogP contribution is -2.41. The van der Waals surface area contributed by atoms with E-state index in [4.69, 9.17) is 0 Å². The van der Waals surface area contributed by atoms with E-state index in [0.29, 0.717) is 23.5 Å². The van der Waals surface area contributed by atoms with Crippen molar-refractivity contribution in [3.8, 4) is 0 Å². The Balaban J connectivity index is 1.68. The van der Waals surface area contributed by atoms with Crippen LogP contribution in [0.1, 0.15) is 29.3 Å². The number of halogens is 2. The monoisotopic (exact) mass is 438 g/mol. The number of carbonyl (C=O) groups excluding carboxylic acids is 1. The van der Waals surface area contributed by atoms with Crippen molar-refractivity contribution in [2.24, 2.45) is 0 Å². The summed E-state index contributed by atoms with van der Waals surface area (Å²) in [5, 5.41) is 12.6. The van der Waals surface area contributed by atoms with Gasteiger partial charge in [0.05, 0.1) is 11.6 Å². The molecule has 1 aliphatic heterocycles. The van der Waals surface area contributed by atoms with Crippen molar-refractivity contribution < 1.29 is 4.79 Å². The normalized spacial score (nSPS) is 17.5. The Kier molecular flexibility index (Phi) is 3.49. The van der Waals surface area contributed by atoms with Crippen LogP contribution >= 0.6 is 31.9 Å². The van der Waals surface area contributed by atoms with Gasteiger partial charge in [-0.2, -0.15) is 5.10 Å². The number of carbonyl (C=O) groups is 1. The van der Waals surface area contributed by atoms with Gasteiger partial charge in [-0.1, -0.05) is 0 Å². The number of hydrogen-bond donors (Lipinski definition) is 0. The van der Waals surface area contributed by atoms with Crippen LogP contribution in [0.5, 0.6) is 0 Å². The molecule has 3 aromatic rings. The van der Waals surface area contributed by atoms with E-state index in [0.717, 1.165) is 15.8 Å². The van der Waals surface area contributed by atoms with Crippen LogP contribution in [0.15, 0.2) is 33.6 Å². The van der Waals surface area contributed by atoms with Gasteiger partial charge in [-0.15, -0.1) is 10.2 Å². The molecule has 0 saturated carbocycles. The predicted molar refractivity (Wildman–Crippen MR) is 90.1 cm³/mol. The Morgan fingerprint density at radius 1 is 1.26 bits per heavy atom. The third kappa shape index (κ3) is 2.38. The summed E-state index contributed by atoms with van der Waals surface area (Å²) < 4.78 is 5.29. The van der Waals surface area contributed by atoms with Crippen molar-refractivity contribution in [3.05, 3.63) is 45.1 Å². The summed E-state index contributed by atoms with van der Waals surface area (Å²) in [4.78, 5) is 14.6.